The van der Waals surface area contributed by atoms with Gasteiger partial charge >= 0.3 is 0 Å². The summed E-state index contributed by atoms with van der Waals surface area (Å²) < 4.78 is 28.1. The summed E-state index contributed by atoms with van der Waals surface area (Å²) in [7, 11) is -3.24. The highest BCUT2D eigenvalue weighted by Gasteiger charge is 2.13. The van der Waals surface area contributed by atoms with Gasteiger partial charge in [0.25, 0.3) is 0 Å². The van der Waals surface area contributed by atoms with Crippen molar-refractivity contribution < 1.29 is 13.2 Å². The Labute approximate surface area is 90.3 Å². The molecule has 0 spiro atoms. The number of benzene rings is 1. The molecule has 1 aromatic rings. The maximum atomic E-state index is 11.4. The van der Waals surface area contributed by atoms with Crippen molar-refractivity contribution in [1.82, 2.24) is 0 Å². The highest BCUT2D eigenvalue weighted by atomic mass is 32.2. The quantitative estimate of drug-likeness (QED) is 0.738. The molecule has 0 saturated heterocycles. The number of hydrogen-bond donors (Lipinski definition) is 0. The van der Waals surface area contributed by atoms with Crippen LogP contribution in [0.25, 0.3) is 0 Å². The van der Waals surface area contributed by atoms with Gasteiger partial charge in [0.05, 0.1) is 0 Å². The van der Waals surface area contributed by atoms with Gasteiger partial charge in [0.1, 0.15) is 17.3 Å². The van der Waals surface area contributed by atoms with Crippen molar-refractivity contribution in [1.29, 1.82) is 0 Å². The third kappa shape index (κ3) is 3.40. The van der Waals surface area contributed by atoms with Gasteiger partial charge < -0.3 is 4.74 Å². The van der Waals surface area contributed by atoms with E-state index in [1.807, 2.05) is 6.92 Å². The average Bonchev–Trinajstić information content (AvgIpc) is 2.13. The van der Waals surface area contributed by atoms with E-state index in [0.29, 0.717) is 12.4 Å². The van der Waals surface area contributed by atoms with Crippen LogP contribution in [0, 0.1) is 0 Å². The zero-order valence-corrected chi connectivity index (χ0v) is 9.67. The molecule has 0 N–H and O–H groups in total. The minimum absolute atomic E-state index is 0.214. The molecule has 0 bridgehead atoms. The van der Waals surface area contributed by atoms with Crippen LogP contribution in [0.5, 0.6) is 5.75 Å². The van der Waals surface area contributed by atoms with Crippen molar-refractivity contribution in [3.8, 4) is 5.75 Å². The normalized spacial score (nSPS) is 11.1. The van der Waals surface area contributed by atoms with Gasteiger partial charge in [0.2, 0.25) is 0 Å². The number of para-hydroxylation sites is 1. The molecule has 0 radical (unpaired) electrons. The Morgan fingerprint density at radius 3 is 2.53 bits per heavy atom. The van der Waals surface area contributed by atoms with Gasteiger partial charge in [-0.2, -0.15) is 0 Å². The largest absolute Gasteiger partial charge is 0.488 e. The van der Waals surface area contributed by atoms with Gasteiger partial charge in [-0.25, -0.2) is 8.42 Å². The van der Waals surface area contributed by atoms with Crippen LogP contribution < -0.4 is 4.74 Å². The van der Waals surface area contributed by atoms with Gasteiger partial charge in [-0.05, 0) is 24.6 Å². The van der Waals surface area contributed by atoms with Crippen molar-refractivity contribution in [2.45, 2.75) is 11.8 Å². The summed E-state index contributed by atoms with van der Waals surface area (Å²) in [5.41, 5.74) is 0.846. The molecule has 0 atom stereocenters. The van der Waals surface area contributed by atoms with Crippen LogP contribution in [-0.4, -0.2) is 21.3 Å². The molecule has 0 amide bonds. The molecule has 0 aliphatic heterocycles. The first-order valence-corrected chi connectivity index (χ1v) is 6.36. The minimum atomic E-state index is -3.24. The van der Waals surface area contributed by atoms with E-state index < -0.39 is 9.84 Å². The summed E-state index contributed by atoms with van der Waals surface area (Å²) in [6.07, 6.45) is 1.16. The van der Waals surface area contributed by atoms with Crippen LogP contribution in [0.1, 0.15) is 6.92 Å². The molecule has 1 rings (SSSR count). The van der Waals surface area contributed by atoms with E-state index in [9.17, 15) is 8.42 Å². The second kappa shape index (κ2) is 4.49. The van der Waals surface area contributed by atoms with Crippen molar-refractivity contribution in [3.05, 3.63) is 36.4 Å². The third-order valence-electron chi connectivity index (χ3n) is 1.72. The van der Waals surface area contributed by atoms with Crippen LogP contribution in [-0.2, 0) is 9.84 Å². The predicted octanol–water partition coefficient (Wildman–Crippen LogP) is 2.04. The van der Waals surface area contributed by atoms with Gasteiger partial charge in [-0.3, -0.25) is 0 Å². The van der Waals surface area contributed by atoms with E-state index in [-0.39, 0.29) is 4.90 Å². The molecule has 3 nitrogen and oxygen atoms in total. The van der Waals surface area contributed by atoms with E-state index in [1.54, 1.807) is 18.2 Å². The van der Waals surface area contributed by atoms with Gasteiger partial charge in [-0.1, -0.05) is 18.7 Å². The van der Waals surface area contributed by atoms with Crippen LogP contribution in [0.2, 0.25) is 0 Å². The van der Waals surface area contributed by atoms with Crippen molar-refractivity contribution in [2.75, 3.05) is 12.9 Å². The number of ether oxygens (including phenoxy) is 1. The summed E-state index contributed by atoms with van der Waals surface area (Å²) in [4.78, 5) is 0.214. The second-order valence-electron chi connectivity index (χ2n) is 3.46. The SMILES string of the molecule is C=C(C)COc1ccccc1S(C)(=O)=O. The maximum absolute atomic E-state index is 11.4. The average molecular weight is 226 g/mol. The molecule has 0 unspecified atom stereocenters. The summed E-state index contributed by atoms with van der Waals surface area (Å²) in [6, 6.07) is 6.58. The molecular formula is C11H14O3S. The first kappa shape index (κ1) is 11.8. The predicted molar refractivity (Wildman–Crippen MR) is 59.9 cm³/mol. The monoisotopic (exact) mass is 226 g/mol. The van der Waals surface area contributed by atoms with E-state index in [4.69, 9.17) is 4.74 Å². The van der Waals surface area contributed by atoms with Crippen molar-refractivity contribution >= 4 is 9.84 Å². The lowest BCUT2D eigenvalue weighted by Crippen LogP contribution is -2.04. The summed E-state index contributed by atoms with van der Waals surface area (Å²) >= 11 is 0. The summed E-state index contributed by atoms with van der Waals surface area (Å²) in [6.45, 7) is 5.84. The Kier molecular flexibility index (Phi) is 3.52. The molecule has 0 aliphatic carbocycles. The maximum Gasteiger partial charge on any atom is 0.179 e. The molecule has 0 saturated carbocycles. The Morgan fingerprint density at radius 2 is 2.00 bits per heavy atom. The molecule has 0 aromatic heterocycles. The van der Waals surface area contributed by atoms with Crippen molar-refractivity contribution in [2.24, 2.45) is 0 Å². The fourth-order valence-electron chi connectivity index (χ4n) is 1.08. The highest BCUT2D eigenvalue weighted by Crippen LogP contribution is 2.23. The first-order valence-electron chi connectivity index (χ1n) is 4.47. The molecule has 82 valence electrons. The lowest BCUT2D eigenvalue weighted by Gasteiger charge is -2.09. The van der Waals surface area contributed by atoms with Crippen LogP contribution in [0.4, 0.5) is 0 Å². The standard InChI is InChI=1S/C11H14O3S/c1-9(2)8-14-10-6-4-5-7-11(10)15(3,12)13/h4-7H,1,8H2,2-3H3. The number of sulfone groups is 1. The van der Waals surface area contributed by atoms with Gasteiger partial charge in [0.15, 0.2) is 9.84 Å². The smallest absolute Gasteiger partial charge is 0.179 e. The zero-order valence-electron chi connectivity index (χ0n) is 8.86. The summed E-state index contributed by atoms with van der Waals surface area (Å²) in [5, 5.41) is 0. The fraction of sp³-hybridized carbons (Fsp3) is 0.273. The topological polar surface area (TPSA) is 43.4 Å². The molecule has 4 heteroatoms. The van der Waals surface area contributed by atoms with Gasteiger partial charge in [0, 0.05) is 6.26 Å². The minimum Gasteiger partial charge on any atom is -0.488 e. The number of hydrogen-bond acceptors (Lipinski definition) is 3. The lowest BCUT2D eigenvalue weighted by atomic mass is 10.3. The Bertz CT molecular complexity index is 460. The second-order valence-corrected chi connectivity index (χ2v) is 5.45. The molecule has 0 aliphatic rings. The highest BCUT2D eigenvalue weighted by molar-refractivity contribution is 7.90. The van der Waals surface area contributed by atoms with E-state index in [0.717, 1.165) is 11.8 Å². The van der Waals surface area contributed by atoms with E-state index in [2.05, 4.69) is 6.58 Å². The number of rotatable bonds is 4. The Balaban J connectivity index is 3.02. The van der Waals surface area contributed by atoms with Crippen LogP contribution >= 0.6 is 0 Å². The van der Waals surface area contributed by atoms with E-state index >= 15 is 0 Å². The van der Waals surface area contributed by atoms with Crippen LogP contribution in [0.3, 0.4) is 0 Å². The molecular weight excluding hydrogens is 212 g/mol. The van der Waals surface area contributed by atoms with Crippen molar-refractivity contribution in [3.63, 3.8) is 0 Å². The molecule has 0 fully saturated rings. The molecule has 1 aromatic carbocycles. The third-order valence-corrected chi connectivity index (χ3v) is 2.86. The van der Waals surface area contributed by atoms with Gasteiger partial charge in [-0.15, -0.1) is 0 Å². The Morgan fingerprint density at radius 1 is 1.40 bits per heavy atom. The van der Waals surface area contributed by atoms with E-state index in [1.165, 1.54) is 6.07 Å². The zero-order chi connectivity index (χ0) is 11.5. The molecule has 15 heavy (non-hydrogen) atoms. The van der Waals surface area contributed by atoms with Crippen LogP contribution in [0.15, 0.2) is 41.3 Å². The lowest BCUT2D eigenvalue weighted by molar-refractivity contribution is 0.343. The molecule has 0 heterocycles. The fourth-order valence-corrected chi connectivity index (χ4v) is 1.89. The first-order chi connectivity index (χ1) is 6.91. The summed E-state index contributed by atoms with van der Waals surface area (Å²) in [5.74, 6) is 0.378. The Hall–Kier alpha value is -1.29.